The Morgan fingerprint density at radius 2 is 1.76 bits per heavy atom. The molecule has 0 saturated carbocycles. The molecule has 2 bridgehead atoms. The van der Waals surface area contributed by atoms with Gasteiger partial charge in [0, 0.05) is 18.7 Å². The fourth-order valence-corrected chi connectivity index (χ4v) is 2.71. The van der Waals surface area contributed by atoms with Crippen LogP contribution >= 0.6 is 0 Å². The van der Waals surface area contributed by atoms with Crippen LogP contribution in [0, 0.1) is 0 Å². The Labute approximate surface area is 101 Å². The van der Waals surface area contributed by atoms with Gasteiger partial charge in [-0.25, -0.2) is 5.01 Å². The highest BCUT2D eigenvalue weighted by Gasteiger charge is 2.37. The third-order valence-electron chi connectivity index (χ3n) is 3.68. The quantitative estimate of drug-likeness (QED) is 0.687. The average Bonchev–Trinajstić information content (AvgIpc) is 2.40. The van der Waals surface area contributed by atoms with Crippen molar-refractivity contribution in [2.45, 2.75) is 24.9 Å². The Balaban J connectivity index is 1.90. The summed E-state index contributed by atoms with van der Waals surface area (Å²) >= 11 is 0. The van der Waals surface area contributed by atoms with Gasteiger partial charge in [0.2, 0.25) is 0 Å². The standard InChI is InChI=1S/C14H16N2O/c1-15-12-7-9-13(10-8-12)16(15)14(17)11-5-3-2-4-6-11/h2-7,9,12-13H,8,10H2,1H3. The van der Waals surface area contributed by atoms with Crippen molar-refractivity contribution in [2.75, 3.05) is 7.05 Å². The molecule has 2 unspecified atom stereocenters. The van der Waals surface area contributed by atoms with Crippen molar-refractivity contribution >= 4 is 5.91 Å². The zero-order valence-corrected chi connectivity index (χ0v) is 9.91. The van der Waals surface area contributed by atoms with Crippen LogP contribution in [0.3, 0.4) is 0 Å². The molecule has 1 aromatic rings. The molecule has 3 nitrogen and oxygen atoms in total. The van der Waals surface area contributed by atoms with Crippen LogP contribution in [0.25, 0.3) is 0 Å². The molecule has 2 heterocycles. The highest BCUT2D eigenvalue weighted by molar-refractivity contribution is 5.94. The Morgan fingerprint density at radius 3 is 2.35 bits per heavy atom. The van der Waals surface area contributed by atoms with Gasteiger partial charge in [-0.3, -0.25) is 9.80 Å². The van der Waals surface area contributed by atoms with Gasteiger partial charge in [0.1, 0.15) is 0 Å². The Morgan fingerprint density at radius 1 is 1.12 bits per heavy atom. The summed E-state index contributed by atoms with van der Waals surface area (Å²) in [5, 5.41) is 3.97. The van der Waals surface area contributed by atoms with Crippen molar-refractivity contribution in [2.24, 2.45) is 0 Å². The highest BCUT2D eigenvalue weighted by Crippen LogP contribution is 2.30. The summed E-state index contributed by atoms with van der Waals surface area (Å²) in [6.07, 6.45) is 6.60. The van der Waals surface area contributed by atoms with Gasteiger partial charge >= 0.3 is 0 Å². The predicted octanol–water partition coefficient (Wildman–Crippen LogP) is 2.08. The highest BCUT2D eigenvalue weighted by atomic mass is 16.2. The number of hydrogen-bond acceptors (Lipinski definition) is 2. The van der Waals surface area contributed by atoms with Gasteiger partial charge in [-0.2, -0.15) is 0 Å². The van der Waals surface area contributed by atoms with Gasteiger partial charge in [-0.15, -0.1) is 0 Å². The van der Waals surface area contributed by atoms with E-state index in [1.54, 1.807) is 0 Å². The second-order valence-corrected chi connectivity index (χ2v) is 4.69. The zero-order chi connectivity index (χ0) is 11.8. The number of amides is 1. The lowest BCUT2D eigenvalue weighted by Gasteiger charge is -2.48. The van der Waals surface area contributed by atoms with Gasteiger partial charge in [0.15, 0.2) is 0 Å². The third kappa shape index (κ3) is 1.67. The lowest BCUT2D eigenvalue weighted by molar-refractivity contribution is -0.0597. The Kier molecular flexibility index (Phi) is 2.48. The fourth-order valence-electron chi connectivity index (χ4n) is 2.71. The molecule has 3 aliphatic rings. The summed E-state index contributed by atoms with van der Waals surface area (Å²) in [6, 6.07) is 10.1. The molecule has 1 saturated heterocycles. The first kappa shape index (κ1) is 10.5. The van der Waals surface area contributed by atoms with Gasteiger partial charge in [0.25, 0.3) is 5.91 Å². The maximum Gasteiger partial charge on any atom is 0.268 e. The minimum absolute atomic E-state index is 0.104. The molecule has 1 aromatic carbocycles. The van der Waals surface area contributed by atoms with E-state index in [1.807, 2.05) is 42.4 Å². The first-order chi connectivity index (χ1) is 8.27. The molecule has 4 rings (SSSR count). The molecule has 0 radical (unpaired) electrons. The second-order valence-electron chi connectivity index (χ2n) is 4.69. The van der Waals surface area contributed by atoms with E-state index in [1.165, 1.54) is 0 Å². The summed E-state index contributed by atoms with van der Waals surface area (Å²) in [4.78, 5) is 12.5. The topological polar surface area (TPSA) is 23.6 Å². The van der Waals surface area contributed by atoms with Crippen molar-refractivity contribution < 1.29 is 4.79 Å². The van der Waals surface area contributed by atoms with E-state index in [0.717, 1.165) is 18.4 Å². The number of nitrogens with zero attached hydrogens (tertiary/aromatic N) is 2. The molecular weight excluding hydrogens is 212 g/mol. The number of benzene rings is 1. The number of carbonyl (C=O) groups is 1. The number of carbonyl (C=O) groups excluding carboxylic acids is 1. The van der Waals surface area contributed by atoms with Gasteiger partial charge in [-0.05, 0) is 25.0 Å². The lowest BCUT2D eigenvalue weighted by Crippen LogP contribution is -2.59. The largest absolute Gasteiger partial charge is 0.268 e. The third-order valence-corrected chi connectivity index (χ3v) is 3.68. The minimum atomic E-state index is 0.104. The molecule has 2 aliphatic heterocycles. The summed E-state index contributed by atoms with van der Waals surface area (Å²) in [5.74, 6) is 0.104. The maximum atomic E-state index is 12.5. The van der Waals surface area contributed by atoms with Crippen LogP contribution in [-0.2, 0) is 0 Å². The monoisotopic (exact) mass is 228 g/mol. The first-order valence-electron chi connectivity index (χ1n) is 6.07. The van der Waals surface area contributed by atoms with Crippen LogP contribution in [0.5, 0.6) is 0 Å². The van der Waals surface area contributed by atoms with Crippen molar-refractivity contribution in [1.82, 2.24) is 10.0 Å². The molecule has 17 heavy (non-hydrogen) atoms. The number of hydrazine groups is 1. The van der Waals surface area contributed by atoms with E-state index in [9.17, 15) is 4.79 Å². The number of fused-ring (bicyclic) bond motifs is 2. The van der Waals surface area contributed by atoms with Crippen molar-refractivity contribution in [3.05, 3.63) is 48.0 Å². The molecule has 0 N–H and O–H groups in total. The Hall–Kier alpha value is -1.61. The Bertz CT molecular complexity index is 455. The van der Waals surface area contributed by atoms with Crippen molar-refractivity contribution in [1.29, 1.82) is 0 Å². The number of rotatable bonds is 1. The zero-order valence-electron chi connectivity index (χ0n) is 9.91. The van der Waals surface area contributed by atoms with Crippen LogP contribution in [0.1, 0.15) is 23.2 Å². The summed E-state index contributed by atoms with van der Waals surface area (Å²) in [7, 11) is 2.00. The number of hydrogen-bond donors (Lipinski definition) is 0. The number of likely N-dealkylation sites (N-methyl/N-ethyl adjacent to an activating group) is 1. The molecule has 1 amide bonds. The normalized spacial score (nSPS) is 27.5. The van der Waals surface area contributed by atoms with Crippen LogP contribution in [0.15, 0.2) is 42.5 Å². The molecule has 3 heteroatoms. The molecule has 1 fully saturated rings. The van der Waals surface area contributed by atoms with E-state index < -0.39 is 0 Å². The van der Waals surface area contributed by atoms with E-state index in [2.05, 4.69) is 17.2 Å². The lowest BCUT2D eigenvalue weighted by atomic mass is 9.94. The van der Waals surface area contributed by atoms with Crippen LogP contribution in [-0.4, -0.2) is 35.1 Å². The van der Waals surface area contributed by atoms with Crippen molar-refractivity contribution in [3.63, 3.8) is 0 Å². The summed E-state index contributed by atoms with van der Waals surface area (Å²) in [6.45, 7) is 0. The second kappa shape index (κ2) is 4.00. The van der Waals surface area contributed by atoms with E-state index in [0.29, 0.717) is 6.04 Å². The average molecular weight is 228 g/mol. The van der Waals surface area contributed by atoms with Gasteiger partial charge < -0.3 is 0 Å². The van der Waals surface area contributed by atoms with Crippen LogP contribution in [0.2, 0.25) is 0 Å². The SMILES string of the molecule is CN1C2C=CC(CC2)N1C(=O)c1ccccc1. The molecular formula is C14H16N2O. The predicted molar refractivity (Wildman–Crippen MR) is 66.3 cm³/mol. The molecule has 2 atom stereocenters. The van der Waals surface area contributed by atoms with E-state index in [-0.39, 0.29) is 11.9 Å². The first-order valence-corrected chi connectivity index (χ1v) is 6.07. The summed E-state index contributed by atoms with van der Waals surface area (Å²) < 4.78 is 0. The van der Waals surface area contributed by atoms with Crippen LogP contribution in [0.4, 0.5) is 0 Å². The van der Waals surface area contributed by atoms with Gasteiger partial charge in [0.05, 0.1) is 6.04 Å². The molecule has 1 aliphatic carbocycles. The summed E-state index contributed by atoms with van der Waals surface area (Å²) in [5.41, 5.74) is 0.764. The van der Waals surface area contributed by atoms with Crippen molar-refractivity contribution in [3.8, 4) is 0 Å². The van der Waals surface area contributed by atoms with Gasteiger partial charge in [-0.1, -0.05) is 30.4 Å². The maximum absolute atomic E-state index is 12.5. The molecule has 0 spiro atoms. The van der Waals surface area contributed by atoms with E-state index in [4.69, 9.17) is 0 Å². The molecule has 0 aromatic heterocycles. The fraction of sp³-hybridized carbons (Fsp3) is 0.357. The minimum Gasteiger partial charge on any atom is -0.268 e. The molecule has 88 valence electrons. The van der Waals surface area contributed by atoms with Crippen LogP contribution < -0.4 is 0 Å². The van der Waals surface area contributed by atoms with E-state index >= 15 is 0 Å². The smallest absolute Gasteiger partial charge is 0.268 e.